The molecule has 0 aliphatic rings. The van der Waals surface area contributed by atoms with Gasteiger partial charge in [0.2, 0.25) is 0 Å². The Hall–Kier alpha value is -3.21. The molecule has 4 N–H and O–H groups in total. The summed E-state index contributed by atoms with van der Waals surface area (Å²) in [6.45, 7) is 0. The van der Waals surface area contributed by atoms with Gasteiger partial charge in [-0.05, 0) is 54.8 Å². The van der Waals surface area contributed by atoms with Crippen molar-refractivity contribution in [3.63, 3.8) is 0 Å². The van der Waals surface area contributed by atoms with Crippen LogP contribution < -0.4 is 21.5 Å². The molecule has 0 heterocycles. The van der Waals surface area contributed by atoms with Crippen LogP contribution in [0.2, 0.25) is 0 Å². The molecule has 0 bridgehead atoms. The van der Waals surface area contributed by atoms with Crippen LogP contribution in [0.5, 0.6) is 0 Å². The van der Waals surface area contributed by atoms with Crippen molar-refractivity contribution in [3.8, 4) is 0 Å². The van der Waals surface area contributed by atoms with Crippen molar-refractivity contribution in [2.75, 3.05) is 17.3 Å². The van der Waals surface area contributed by atoms with Crippen LogP contribution in [0.15, 0.2) is 54.6 Å². The van der Waals surface area contributed by atoms with E-state index in [1.165, 1.54) is 11.8 Å². The molecule has 0 aliphatic heterocycles. The standard InChI is InChI=1S/C20H21F3N4O3S/c1-31-12-11-16(18(29)26-27-19(30)24-15-5-3-2-4-6-15)25-17(28)13-7-9-14(10-8-13)20(21,22)23/h2-10,16H,11-12H2,1H3,(H,25,28)(H,26,29)(H2,24,27,30)/t16-/m1/s1. The first-order valence-electron chi connectivity index (χ1n) is 9.09. The lowest BCUT2D eigenvalue weighted by Gasteiger charge is -2.19. The smallest absolute Gasteiger partial charge is 0.340 e. The molecular weight excluding hydrogens is 433 g/mol. The van der Waals surface area contributed by atoms with E-state index in [-0.39, 0.29) is 12.0 Å². The number of hydrogen-bond acceptors (Lipinski definition) is 4. The molecule has 2 aromatic rings. The topological polar surface area (TPSA) is 99.3 Å². The summed E-state index contributed by atoms with van der Waals surface area (Å²) < 4.78 is 38.0. The molecule has 11 heteroatoms. The molecule has 4 amide bonds. The fourth-order valence-corrected chi connectivity index (χ4v) is 2.92. The number of benzene rings is 2. The maximum atomic E-state index is 12.7. The van der Waals surface area contributed by atoms with Gasteiger partial charge in [-0.3, -0.25) is 15.0 Å². The molecule has 0 aliphatic carbocycles. The number of anilines is 1. The molecule has 0 unspecified atom stereocenters. The number of carbonyl (C=O) groups excluding carboxylic acids is 3. The van der Waals surface area contributed by atoms with Gasteiger partial charge in [-0.25, -0.2) is 10.2 Å². The highest BCUT2D eigenvalue weighted by Crippen LogP contribution is 2.29. The Morgan fingerprint density at radius 3 is 2.19 bits per heavy atom. The predicted octanol–water partition coefficient (Wildman–Crippen LogP) is 3.41. The monoisotopic (exact) mass is 454 g/mol. The minimum atomic E-state index is -4.51. The number of hydrogen-bond donors (Lipinski definition) is 4. The summed E-state index contributed by atoms with van der Waals surface area (Å²) in [4.78, 5) is 36.7. The Kier molecular flexibility index (Phi) is 8.74. The minimum absolute atomic E-state index is 0.0234. The van der Waals surface area contributed by atoms with Crippen molar-refractivity contribution in [2.24, 2.45) is 0 Å². The lowest BCUT2D eigenvalue weighted by Crippen LogP contribution is -2.53. The van der Waals surface area contributed by atoms with Gasteiger partial charge in [0.05, 0.1) is 5.56 Å². The van der Waals surface area contributed by atoms with E-state index in [1.54, 1.807) is 30.3 Å². The molecule has 0 fully saturated rings. The number of para-hydroxylation sites is 1. The second-order valence-corrected chi connectivity index (χ2v) is 7.30. The third-order valence-corrected chi connectivity index (χ3v) is 4.68. The van der Waals surface area contributed by atoms with E-state index in [4.69, 9.17) is 0 Å². The Labute approximate surface area is 181 Å². The van der Waals surface area contributed by atoms with Gasteiger partial charge in [0, 0.05) is 11.3 Å². The molecule has 2 rings (SSSR count). The fraction of sp³-hybridized carbons (Fsp3) is 0.250. The highest BCUT2D eigenvalue weighted by molar-refractivity contribution is 7.98. The molecule has 2 aromatic carbocycles. The molecule has 0 radical (unpaired) electrons. The van der Waals surface area contributed by atoms with Crippen LogP contribution in [0.4, 0.5) is 23.7 Å². The van der Waals surface area contributed by atoms with E-state index < -0.39 is 35.6 Å². The Morgan fingerprint density at radius 1 is 0.968 bits per heavy atom. The van der Waals surface area contributed by atoms with Crippen molar-refractivity contribution in [1.29, 1.82) is 0 Å². The molecule has 0 saturated heterocycles. The van der Waals surface area contributed by atoms with Crippen molar-refractivity contribution in [1.82, 2.24) is 16.2 Å². The molecule has 7 nitrogen and oxygen atoms in total. The summed E-state index contributed by atoms with van der Waals surface area (Å²) >= 11 is 1.45. The van der Waals surface area contributed by atoms with Crippen molar-refractivity contribution in [3.05, 3.63) is 65.7 Å². The maximum absolute atomic E-state index is 12.7. The van der Waals surface area contributed by atoms with E-state index in [9.17, 15) is 27.6 Å². The maximum Gasteiger partial charge on any atom is 0.416 e. The predicted molar refractivity (Wildman–Crippen MR) is 112 cm³/mol. The van der Waals surface area contributed by atoms with E-state index in [2.05, 4.69) is 21.5 Å². The number of carbonyl (C=O) groups is 3. The number of nitrogens with one attached hydrogen (secondary N) is 4. The largest absolute Gasteiger partial charge is 0.416 e. The van der Waals surface area contributed by atoms with Gasteiger partial charge < -0.3 is 10.6 Å². The summed E-state index contributed by atoms with van der Waals surface area (Å²) in [5.41, 5.74) is 4.03. The minimum Gasteiger partial charge on any atom is -0.340 e. The first-order chi connectivity index (χ1) is 14.7. The van der Waals surface area contributed by atoms with E-state index in [0.29, 0.717) is 11.4 Å². The Bertz CT molecular complexity index is 893. The number of hydrazine groups is 1. The summed E-state index contributed by atoms with van der Waals surface area (Å²) in [6, 6.07) is 10.5. The van der Waals surface area contributed by atoms with Gasteiger partial charge >= 0.3 is 12.2 Å². The first-order valence-corrected chi connectivity index (χ1v) is 10.5. The average molecular weight is 454 g/mol. The normalized spacial score (nSPS) is 11.9. The molecule has 31 heavy (non-hydrogen) atoms. The van der Waals surface area contributed by atoms with Gasteiger partial charge in [0.25, 0.3) is 11.8 Å². The van der Waals surface area contributed by atoms with Crippen molar-refractivity contribution >= 4 is 35.3 Å². The fourth-order valence-electron chi connectivity index (χ4n) is 2.45. The van der Waals surface area contributed by atoms with Crippen LogP contribution in [0.1, 0.15) is 22.3 Å². The number of alkyl halides is 3. The van der Waals surface area contributed by atoms with Crippen molar-refractivity contribution in [2.45, 2.75) is 18.6 Å². The molecular formula is C20H21F3N4O3S. The number of amides is 4. The second kappa shape index (κ2) is 11.3. The zero-order valence-corrected chi connectivity index (χ0v) is 17.3. The quantitative estimate of drug-likeness (QED) is 0.482. The van der Waals surface area contributed by atoms with Crippen LogP contribution in [0, 0.1) is 0 Å². The van der Waals surface area contributed by atoms with E-state index in [0.717, 1.165) is 24.3 Å². The number of halogens is 3. The summed E-state index contributed by atoms with van der Waals surface area (Å²) in [6.07, 6.45) is -2.44. The van der Waals surface area contributed by atoms with Crippen LogP contribution >= 0.6 is 11.8 Å². The van der Waals surface area contributed by atoms with Gasteiger partial charge in [-0.2, -0.15) is 24.9 Å². The van der Waals surface area contributed by atoms with Crippen LogP contribution in [-0.2, 0) is 11.0 Å². The summed E-state index contributed by atoms with van der Waals surface area (Å²) in [7, 11) is 0. The molecule has 1 atom stereocenters. The summed E-state index contributed by atoms with van der Waals surface area (Å²) in [5, 5.41) is 5.00. The Balaban J connectivity index is 1.95. The Morgan fingerprint density at radius 2 is 1.61 bits per heavy atom. The van der Waals surface area contributed by atoms with Gasteiger partial charge in [-0.1, -0.05) is 18.2 Å². The third kappa shape index (κ3) is 7.85. The third-order valence-electron chi connectivity index (χ3n) is 4.04. The van der Waals surface area contributed by atoms with Crippen LogP contribution in [0.3, 0.4) is 0 Å². The SMILES string of the molecule is CSCC[C@@H](NC(=O)c1ccc(C(F)(F)F)cc1)C(=O)NNC(=O)Nc1ccccc1. The molecule has 0 aromatic heterocycles. The highest BCUT2D eigenvalue weighted by atomic mass is 32.2. The summed E-state index contributed by atoms with van der Waals surface area (Å²) in [5.74, 6) is -0.844. The molecule has 166 valence electrons. The molecule has 0 spiro atoms. The van der Waals surface area contributed by atoms with Gasteiger partial charge in [0.1, 0.15) is 6.04 Å². The average Bonchev–Trinajstić information content (AvgIpc) is 2.75. The lowest BCUT2D eigenvalue weighted by molar-refractivity contribution is -0.137. The van der Waals surface area contributed by atoms with Gasteiger partial charge in [0.15, 0.2) is 0 Å². The van der Waals surface area contributed by atoms with Gasteiger partial charge in [-0.15, -0.1) is 0 Å². The van der Waals surface area contributed by atoms with Crippen LogP contribution in [-0.4, -0.2) is 35.9 Å². The van der Waals surface area contributed by atoms with E-state index in [1.807, 2.05) is 6.26 Å². The molecule has 0 saturated carbocycles. The first kappa shape index (κ1) is 24.1. The van der Waals surface area contributed by atoms with Crippen LogP contribution in [0.25, 0.3) is 0 Å². The second-order valence-electron chi connectivity index (χ2n) is 6.32. The zero-order valence-electron chi connectivity index (χ0n) is 16.5. The van der Waals surface area contributed by atoms with Crippen molar-refractivity contribution < 1.29 is 27.6 Å². The highest BCUT2D eigenvalue weighted by Gasteiger charge is 2.30. The number of urea groups is 1. The van der Waals surface area contributed by atoms with E-state index >= 15 is 0 Å². The zero-order chi connectivity index (χ0) is 22.9. The number of rotatable bonds is 7. The lowest BCUT2D eigenvalue weighted by atomic mass is 10.1. The number of thioether (sulfide) groups is 1.